The van der Waals surface area contributed by atoms with Gasteiger partial charge in [0.15, 0.2) is 0 Å². The van der Waals surface area contributed by atoms with Crippen molar-refractivity contribution in [3.8, 4) is 5.75 Å². The molecule has 0 radical (unpaired) electrons. The molecule has 1 heterocycles. The molecule has 0 spiro atoms. The Morgan fingerprint density at radius 1 is 1.00 bits per heavy atom. The van der Waals surface area contributed by atoms with Crippen molar-refractivity contribution >= 4 is 10.8 Å². The third kappa shape index (κ3) is 2.26. The summed E-state index contributed by atoms with van der Waals surface area (Å²) in [4.78, 5) is 4.24. The lowest BCUT2D eigenvalue weighted by Crippen LogP contribution is -2.35. The van der Waals surface area contributed by atoms with Gasteiger partial charge in [0.2, 0.25) is 0 Å². The highest BCUT2D eigenvalue weighted by Crippen LogP contribution is 2.36. The Kier molecular flexibility index (Phi) is 3.35. The van der Waals surface area contributed by atoms with Crippen LogP contribution in [0.15, 0.2) is 60.9 Å². The van der Waals surface area contributed by atoms with Gasteiger partial charge in [0, 0.05) is 23.3 Å². The van der Waals surface area contributed by atoms with Crippen molar-refractivity contribution in [2.24, 2.45) is 5.73 Å². The van der Waals surface area contributed by atoms with Crippen LogP contribution in [-0.4, -0.2) is 12.1 Å². The fourth-order valence-corrected chi connectivity index (χ4v) is 2.79. The number of ether oxygens (including phenoxy) is 1. The van der Waals surface area contributed by atoms with E-state index in [2.05, 4.69) is 17.1 Å². The quantitative estimate of drug-likeness (QED) is 0.798. The Morgan fingerprint density at radius 3 is 2.57 bits per heavy atom. The van der Waals surface area contributed by atoms with Crippen LogP contribution in [-0.2, 0) is 5.54 Å². The van der Waals surface area contributed by atoms with Crippen molar-refractivity contribution in [3.63, 3.8) is 0 Å². The number of hydrogen-bond donors (Lipinski definition) is 1. The molecule has 106 valence electrons. The molecular weight excluding hydrogens is 260 g/mol. The van der Waals surface area contributed by atoms with Gasteiger partial charge in [-0.15, -0.1) is 0 Å². The predicted octanol–water partition coefficient (Wildman–Crippen LogP) is 3.47. The SMILES string of the molecule is COc1ccccc1C(C)(N)c1cccc2ccncc12. The van der Waals surface area contributed by atoms with Crippen LogP contribution in [0.25, 0.3) is 10.8 Å². The third-order valence-corrected chi connectivity index (χ3v) is 3.91. The van der Waals surface area contributed by atoms with Crippen LogP contribution in [0.4, 0.5) is 0 Å². The van der Waals surface area contributed by atoms with Gasteiger partial charge in [-0.05, 0) is 30.0 Å². The molecule has 0 saturated carbocycles. The average molecular weight is 278 g/mol. The summed E-state index contributed by atoms with van der Waals surface area (Å²) in [7, 11) is 1.67. The Bertz CT molecular complexity index is 776. The number of aromatic nitrogens is 1. The van der Waals surface area contributed by atoms with Gasteiger partial charge >= 0.3 is 0 Å². The average Bonchev–Trinajstić information content (AvgIpc) is 2.54. The van der Waals surface area contributed by atoms with Crippen molar-refractivity contribution in [3.05, 3.63) is 72.1 Å². The molecule has 3 aromatic rings. The van der Waals surface area contributed by atoms with E-state index in [4.69, 9.17) is 10.5 Å². The molecule has 3 heteroatoms. The van der Waals surface area contributed by atoms with Gasteiger partial charge in [-0.2, -0.15) is 0 Å². The van der Waals surface area contributed by atoms with Gasteiger partial charge in [0.05, 0.1) is 12.6 Å². The van der Waals surface area contributed by atoms with Gasteiger partial charge in [-0.3, -0.25) is 4.98 Å². The molecule has 0 fully saturated rings. The number of fused-ring (bicyclic) bond motifs is 1. The van der Waals surface area contributed by atoms with Crippen LogP contribution >= 0.6 is 0 Å². The van der Waals surface area contributed by atoms with Gasteiger partial charge < -0.3 is 10.5 Å². The van der Waals surface area contributed by atoms with E-state index in [0.717, 1.165) is 27.6 Å². The topological polar surface area (TPSA) is 48.1 Å². The third-order valence-electron chi connectivity index (χ3n) is 3.91. The van der Waals surface area contributed by atoms with E-state index < -0.39 is 5.54 Å². The second kappa shape index (κ2) is 5.19. The lowest BCUT2D eigenvalue weighted by Gasteiger charge is -2.28. The number of pyridine rings is 1. The summed E-state index contributed by atoms with van der Waals surface area (Å²) in [6.45, 7) is 2.01. The molecule has 1 atom stereocenters. The first kappa shape index (κ1) is 13.6. The lowest BCUT2D eigenvalue weighted by molar-refractivity contribution is 0.399. The first-order chi connectivity index (χ1) is 10.1. The molecule has 0 aliphatic carbocycles. The highest BCUT2D eigenvalue weighted by molar-refractivity contribution is 5.86. The maximum atomic E-state index is 6.69. The minimum Gasteiger partial charge on any atom is -0.496 e. The van der Waals surface area contributed by atoms with Gasteiger partial charge in [0.1, 0.15) is 5.75 Å². The van der Waals surface area contributed by atoms with Crippen molar-refractivity contribution in [1.82, 2.24) is 4.98 Å². The Morgan fingerprint density at radius 2 is 1.76 bits per heavy atom. The van der Waals surface area contributed by atoms with E-state index in [1.165, 1.54) is 0 Å². The van der Waals surface area contributed by atoms with E-state index >= 15 is 0 Å². The van der Waals surface area contributed by atoms with E-state index in [1.54, 1.807) is 13.3 Å². The molecule has 0 aliphatic rings. The second-order valence-electron chi connectivity index (χ2n) is 5.31. The molecule has 0 saturated heterocycles. The zero-order valence-electron chi connectivity index (χ0n) is 12.2. The molecule has 0 aliphatic heterocycles. The fraction of sp³-hybridized carbons (Fsp3) is 0.167. The zero-order chi connectivity index (χ0) is 14.9. The number of para-hydroxylation sites is 1. The minimum atomic E-state index is -0.658. The number of hydrogen-bond acceptors (Lipinski definition) is 3. The van der Waals surface area contributed by atoms with Crippen molar-refractivity contribution in [1.29, 1.82) is 0 Å². The van der Waals surface area contributed by atoms with Crippen LogP contribution in [0.2, 0.25) is 0 Å². The smallest absolute Gasteiger partial charge is 0.124 e. The van der Waals surface area contributed by atoms with Gasteiger partial charge in [0.25, 0.3) is 0 Å². The van der Waals surface area contributed by atoms with E-state index in [9.17, 15) is 0 Å². The van der Waals surface area contributed by atoms with Gasteiger partial charge in [-0.1, -0.05) is 36.4 Å². The largest absolute Gasteiger partial charge is 0.496 e. The molecule has 3 nitrogen and oxygen atoms in total. The van der Waals surface area contributed by atoms with Crippen molar-refractivity contribution in [2.75, 3.05) is 7.11 Å². The number of nitrogens with zero attached hydrogens (tertiary/aromatic N) is 1. The summed E-state index contributed by atoms with van der Waals surface area (Å²) in [5, 5.41) is 2.20. The highest BCUT2D eigenvalue weighted by Gasteiger charge is 2.28. The van der Waals surface area contributed by atoms with Crippen LogP contribution in [0, 0.1) is 0 Å². The first-order valence-electron chi connectivity index (χ1n) is 6.90. The van der Waals surface area contributed by atoms with Crippen LogP contribution in [0.1, 0.15) is 18.1 Å². The molecule has 1 unspecified atom stereocenters. The highest BCUT2D eigenvalue weighted by atomic mass is 16.5. The summed E-state index contributed by atoms with van der Waals surface area (Å²) in [5.41, 5.74) is 8.04. The summed E-state index contributed by atoms with van der Waals surface area (Å²) in [6, 6.07) is 16.0. The molecule has 1 aromatic heterocycles. The lowest BCUT2D eigenvalue weighted by atomic mass is 9.83. The van der Waals surface area contributed by atoms with Crippen LogP contribution in [0.5, 0.6) is 5.75 Å². The zero-order valence-corrected chi connectivity index (χ0v) is 12.2. The Hall–Kier alpha value is -2.39. The van der Waals surface area contributed by atoms with Crippen molar-refractivity contribution < 1.29 is 4.74 Å². The molecule has 0 amide bonds. The molecular formula is C18H18N2O. The van der Waals surface area contributed by atoms with Gasteiger partial charge in [-0.25, -0.2) is 0 Å². The van der Waals surface area contributed by atoms with Crippen LogP contribution in [0.3, 0.4) is 0 Å². The van der Waals surface area contributed by atoms with E-state index in [0.29, 0.717) is 0 Å². The fourth-order valence-electron chi connectivity index (χ4n) is 2.79. The monoisotopic (exact) mass is 278 g/mol. The maximum absolute atomic E-state index is 6.69. The first-order valence-corrected chi connectivity index (χ1v) is 6.90. The Labute approximate surface area is 124 Å². The Balaban J connectivity index is 2.25. The van der Waals surface area contributed by atoms with E-state index in [-0.39, 0.29) is 0 Å². The molecule has 2 aromatic carbocycles. The number of rotatable bonds is 3. The molecule has 3 rings (SSSR count). The summed E-state index contributed by atoms with van der Waals surface area (Å²) in [5.74, 6) is 0.795. The number of benzene rings is 2. The standard InChI is InChI=1S/C18H18N2O/c1-18(19,16-7-3-4-9-17(16)21-2)15-8-5-6-13-10-11-20-12-14(13)15/h3-12H,19H2,1-2H3. The number of methoxy groups -OCH3 is 1. The molecule has 2 N–H and O–H groups in total. The predicted molar refractivity (Wildman–Crippen MR) is 85.4 cm³/mol. The molecule has 21 heavy (non-hydrogen) atoms. The summed E-state index contributed by atoms with van der Waals surface area (Å²) in [6.07, 6.45) is 3.66. The van der Waals surface area contributed by atoms with E-state index in [1.807, 2.05) is 49.5 Å². The maximum Gasteiger partial charge on any atom is 0.124 e. The molecule has 0 bridgehead atoms. The summed E-state index contributed by atoms with van der Waals surface area (Å²) >= 11 is 0. The normalized spacial score (nSPS) is 13.9. The summed E-state index contributed by atoms with van der Waals surface area (Å²) < 4.78 is 5.47. The minimum absolute atomic E-state index is 0.658. The second-order valence-corrected chi connectivity index (χ2v) is 5.31. The van der Waals surface area contributed by atoms with Crippen LogP contribution < -0.4 is 10.5 Å². The number of nitrogens with two attached hydrogens (primary N) is 1. The van der Waals surface area contributed by atoms with Crippen molar-refractivity contribution in [2.45, 2.75) is 12.5 Å².